The van der Waals surface area contributed by atoms with Crippen LogP contribution in [0.5, 0.6) is 0 Å². The molecule has 2 aliphatic carbocycles. The van der Waals surface area contributed by atoms with Crippen LogP contribution < -0.4 is 0 Å². The van der Waals surface area contributed by atoms with Gasteiger partial charge in [-0.3, -0.25) is 4.21 Å². The minimum Gasteiger partial charge on any atom is -0.771 e. The van der Waals surface area contributed by atoms with Crippen LogP contribution in [0.4, 0.5) is 26.3 Å². The summed E-state index contributed by atoms with van der Waals surface area (Å²) in [7, 11) is 0. The molecule has 2 bridgehead atoms. The number of alkyl halides is 6. The molecule has 0 N–H and O–H groups in total. The van der Waals surface area contributed by atoms with Crippen molar-refractivity contribution in [3.8, 4) is 0 Å². The van der Waals surface area contributed by atoms with Crippen LogP contribution in [-0.4, -0.2) is 25.9 Å². The number of allylic oxidation sites excluding steroid dienone is 2. The molecule has 2 aliphatic rings. The van der Waals surface area contributed by atoms with E-state index in [9.17, 15) is 35.1 Å². The summed E-state index contributed by atoms with van der Waals surface area (Å²) in [6.45, 7) is 0. The number of rotatable bonds is 3. The van der Waals surface area contributed by atoms with Crippen molar-refractivity contribution in [2.75, 3.05) is 0 Å². The lowest BCUT2D eigenvalue weighted by molar-refractivity contribution is -0.272. The van der Waals surface area contributed by atoms with Crippen LogP contribution >= 0.6 is 0 Å². The van der Waals surface area contributed by atoms with E-state index < -0.39 is 46.4 Å². The van der Waals surface area contributed by atoms with Crippen LogP contribution in [0.25, 0.3) is 0 Å². The van der Waals surface area contributed by atoms with Gasteiger partial charge in [-0.2, -0.15) is 26.3 Å². The van der Waals surface area contributed by atoms with Crippen LogP contribution in [0.15, 0.2) is 12.2 Å². The smallest absolute Gasteiger partial charge is 0.413 e. The molecular weight excluding hydrogens is 310 g/mol. The van der Waals surface area contributed by atoms with Gasteiger partial charge in [-0.15, -0.1) is 0 Å². The van der Waals surface area contributed by atoms with Crippen LogP contribution in [-0.2, 0) is 11.1 Å². The van der Waals surface area contributed by atoms with Gasteiger partial charge >= 0.3 is 12.4 Å². The Kier molecular flexibility index (Phi) is 3.73. The van der Waals surface area contributed by atoms with E-state index in [4.69, 9.17) is 0 Å². The first-order chi connectivity index (χ1) is 8.99. The topological polar surface area (TPSA) is 40.1 Å². The van der Waals surface area contributed by atoms with E-state index in [0.717, 1.165) is 0 Å². The van der Waals surface area contributed by atoms with Crippen LogP contribution in [0, 0.1) is 17.8 Å². The standard InChI is InChI=1S/C11H12F6O2S/c12-10(13,14)9(20(18)19,11(15,16)17)5-8-4-6-1-2-7(8)3-6/h1-2,6-8H,3-5H2,(H,18,19)/p-1. The summed E-state index contributed by atoms with van der Waals surface area (Å²) in [5.41, 5.74) is 0. The molecule has 2 nitrogen and oxygen atoms in total. The van der Waals surface area contributed by atoms with Gasteiger partial charge in [-0.1, -0.05) is 12.2 Å². The first-order valence-corrected chi connectivity index (χ1v) is 6.97. The van der Waals surface area contributed by atoms with Gasteiger partial charge in [0.1, 0.15) is 0 Å². The van der Waals surface area contributed by atoms with Crippen molar-refractivity contribution < 1.29 is 35.1 Å². The molecule has 0 amide bonds. The maximum absolute atomic E-state index is 12.9. The lowest BCUT2D eigenvalue weighted by atomic mass is 9.84. The molecule has 1 saturated carbocycles. The van der Waals surface area contributed by atoms with E-state index in [2.05, 4.69) is 0 Å². The Hall–Kier alpha value is -0.570. The zero-order valence-corrected chi connectivity index (χ0v) is 10.8. The van der Waals surface area contributed by atoms with Crippen molar-refractivity contribution in [3.05, 3.63) is 12.2 Å². The molecule has 1 fully saturated rings. The average molecular weight is 321 g/mol. The van der Waals surface area contributed by atoms with E-state index in [1.807, 2.05) is 0 Å². The number of hydrogen-bond donors (Lipinski definition) is 0. The van der Waals surface area contributed by atoms with Crippen LogP contribution in [0.1, 0.15) is 19.3 Å². The second-order valence-corrected chi connectivity index (χ2v) is 6.47. The van der Waals surface area contributed by atoms with E-state index in [1.165, 1.54) is 0 Å². The van der Waals surface area contributed by atoms with Gasteiger partial charge < -0.3 is 4.55 Å². The minimum atomic E-state index is -5.89. The predicted molar refractivity (Wildman–Crippen MR) is 57.2 cm³/mol. The maximum Gasteiger partial charge on any atom is 0.413 e. The Morgan fingerprint density at radius 1 is 1.05 bits per heavy atom. The van der Waals surface area contributed by atoms with Crippen molar-refractivity contribution >= 4 is 11.1 Å². The number of halogens is 6. The monoisotopic (exact) mass is 321 g/mol. The highest BCUT2D eigenvalue weighted by Gasteiger charge is 2.72. The maximum atomic E-state index is 12.9. The Morgan fingerprint density at radius 3 is 1.90 bits per heavy atom. The molecule has 0 heterocycles. The molecule has 0 spiro atoms. The van der Waals surface area contributed by atoms with Crippen molar-refractivity contribution in [1.29, 1.82) is 0 Å². The molecule has 0 radical (unpaired) electrons. The molecule has 4 atom stereocenters. The molecule has 4 unspecified atom stereocenters. The fourth-order valence-corrected chi connectivity index (χ4v) is 3.88. The van der Waals surface area contributed by atoms with Crippen LogP contribution in [0.3, 0.4) is 0 Å². The van der Waals surface area contributed by atoms with E-state index in [1.54, 1.807) is 12.2 Å². The summed E-state index contributed by atoms with van der Waals surface area (Å²) in [6, 6.07) is 0. The quantitative estimate of drug-likeness (QED) is 0.454. The zero-order chi connectivity index (χ0) is 15.3. The molecule has 9 heteroatoms. The fourth-order valence-electron chi connectivity index (χ4n) is 3.15. The van der Waals surface area contributed by atoms with Crippen molar-refractivity contribution in [2.45, 2.75) is 36.4 Å². The van der Waals surface area contributed by atoms with Gasteiger partial charge in [0.2, 0.25) is 4.75 Å². The summed E-state index contributed by atoms with van der Waals surface area (Å²) in [6.07, 6.45) is -9.20. The second-order valence-electron chi connectivity index (χ2n) is 5.30. The molecular formula is C11H11F6O2S-. The SMILES string of the molecule is O=S([O-])C(CC1CC2C=CC1C2)(C(F)(F)F)C(F)(F)F. The third-order valence-corrected chi connectivity index (χ3v) is 5.36. The van der Waals surface area contributed by atoms with Gasteiger partial charge in [0.25, 0.3) is 0 Å². The molecule has 0 aromatic heterocycles. The highest BCUT2D eigenvalue weighted by atomic mass is 32.2. The van der Waals surface area contributed by atoms with Crippen molar-refractivity contribution in [3.63, 3.8) is 0 Å². The predicted octanol–water partition coefficient (Wildman–Crippen LogP) is 3.33. The van der Waals surface area contributed by atoms with Crippen molar-refractivity contribution in [2.24, 2.45) is 17.8 Å². The van der Waals surface area contributed by atoms with Gasteiger partial charge in [-0.25, -0.2) is 0 Å². The molecule has 0 aliphatic heterocycles. The van der Waals surface area contributed by atoms with Crippen molar-refractivity contribution in [1.82, 2.24) is 0 Å². The molecule has 0 saturated heterocycles. The summed E-state index contributed by atoms with van der Waals surface area (Å²) < 4.78 is 94.3. The van der Waals surface area contributed by atoms with Gasteiger partial charge in [0.15, 0.2) is 0 Å². The normalized spacial score (nSPS) is 31.9. The lowest BCUT2D eigenvalue weighted by Gasteiger charge is -2.41. The summed E-state index contributed by atoms with van der Waals surface area (Å²) in [5.74, 6) is -1.34. The Balaban J connectivity index is 2.37. The molecule has 116 valence electrons. The third kappa shape index (κ3) is 2.28. The number of fused-ring (bicyclic) bond motifs is 2. The lowest BCUT2D eigenvalue weighted by Crippen LogP contribution is -2.60. The van der Waals surface area contributed by atoms with Crippen LogP contribution in [0.2, 0.25) is 0 Å². The van der Waals surface area contributed by atoms with Gasteiger partial charge in [0, 0.05) is 0 Å². The van der Waals surface area contributed by atoms with E-state index >= 15 is 0 Å². The summed E-state index contributed by atoms with van der Waals surface area (Å²) in [4.78, 5) is 0. The fraction of sp³-hybridized carbons (Fsp3) is 0.818. The molecule has 20 heavy (non-hydrogen) atoms. The zero-order valence-electron chi connectivity index (χ0n) is 10.0. The molecule has 2 rings (SSSR count). The minimum absolute atomic E-state index is 0.0377. The average Bonchev–Trinajstić information content (AvgIpc) is 2.82. The van der Waals surface area contributed by atoms with Gasteiger partial charge in [-0.05, 0) is 48.1 Å². The number of hydrogen-bond acceptors (Lipinski definition) is 2. The van der Waals surface area contributed by atoms with E-state index in [0.29, 0.717) is 6.42 Å². The first-order valence-electron chi connectivity index (χ1n) is 5.90. The highest BCUT2D eigenvalue weighted by molar-refractivity contribution is 7.80. The summed E-state index contributed by atoms with van der Waals surface area (Å²) in [5, 5.41) is 0. The highest BCUT2D eigenvalue weighted by Crippen LogP contribution is 2.55. The van der Waals surface area contributed by atoms with Gasteiger partial charge in [0.05, 0.1) is 0 Å². The Bertz CT molecular complexity index is 427. The van der Waals surface area contributed by atoms with E-state index in [-0.39, 0.29) is 12.3 Å². The molecule has 0 aromatic rings. The molecule has 0 aromatic carbocycles. The Morgan fingerprint density at radius 2 is 1.60 bits per heavy atom. The third-order valence-electron chi connectivity index (χ3n) is 4.17. The second kappa shape index (κ2) is 4.72. The summed E-state index contributed by atoms with van der Waals surface area (Å²) >= 11 is -4.32. The largest absolute Gasteiger partial charge is 0.771 e. The Labute approximate surface area is 113 Å². The first kappa shape index (κ1) is 15.8.